The van der Waals surface area contributed by atoms with E-state index in [1.165, 1.54) is 6.07 Å². The molecule has 0 saturated carbocycles. The first-order valence-electron chi connectivity index (χ1n) is 8.29. The topological polar surface area (TPSA) is 104 Å². The van der Waals surface area contributed by atoms with Crippen LogP contribution in [-0.2, 0) is 9.53 Å². The molecule has 2 amide bonds. The average Bonchev–Trinajstić information content (AvgIpc) is 2.52. The van der Waals surface area contributed by atoms with Crippen molar-refractivity contribution in [3.05, 3.63) is 27.9 Å². The second kappa shape index (κ2) is 7.12. The van der Waals surface area contributed by atoms with Crippen molar-refractivity contribution in [2.75, 3.05) is 26.2 Å². The third-order valence-corrected chi connectivity index (χ3v) is 4.37. The first-order valence-corrected chi connectivity index (χ1v) is 8.29. The molecule has 2 saturated heterocycles. The summed E-state index contributed by atoms with van der Waals surface area (Å²) in [5, 5.41) is 2.77. The highest BCUT2D eigenvalue weighted by atomic mass is 16.5. The van der Waals surface area contributed by atoms with E-state index in [0.717, 1.165) is 19.3 Å². The van der Waals surface area contributed by atoms with Gasteiger partial charge in [0.15, 0.2) is 0 Å². The normalized spacial score (nSPS) is 21.2. The number of H-pyrrole nitrogens is 1. The number of nitrogens with zero attached hydrogens (tertiary/aromatic N) is 2. The van der Waals surface area contributed by atoms with Crippen LogP contribution in [0.3, 0.4) is 0 Å². The Morgan fingerprint density at radius 3 is 2.88 bits per heavy atom. The highest BCUT2D eigenvalue weighted by molar-refractivity contribution is 5.92. The number of hydrogen-bond acceptors (Lipinski definition) is 5. The van der Waals surface area contributed by atoms with Gasteiger partial charge in [0.25, 0.3) is 17.4 Å². The highest BCUT2D eigenvalue weighted by Crippen LogP contribution is 2.21. The molecule has 24 heavy (non-hydrogen) atoms. The monoisotopic (exact) mass is 334 g/mol. The number of aromatic amines is 1. The molecule has 2 aliphatic heterocycles. The summed E-state index contributed by atoms with van der Waals surface area (Å²) >= 11 is 0. The van der Waals surface area contributed by atoms with Crippen LogP contribution in [-0.4, -0.2) is 59.0 Å². The molecular formula is C16H22N4O4. The molecule has 0 radical (unpaired) electrons. The molecule has 2 N–H and O–H groups in total. The van der Waals surface area contributed by atoms with Crippen molar-refractivity contribution < 1.29 is 14.3 Å². The van der Waals surface area contributed by atoms with Gasteiger partial charge in [0, 0.05) is 38.2 Å². The van der Waals surface area contributed by atoms with Gasteiger partial charge in [-0.15, -0.1) is 0 Å². The van der Waals surface area contributed by atoms with E-state index in [0.29, 0.717) is 32.1 Å². The molecule has 0 aliphatic carbocycles. The fourth-order valence-corrected chi connectivity index (χ4v) is 3.04. The Labute approximate surface area is 139 Å². The molecule has 3 rings (SSSR count). The minimum atomic E-state index is -0.371. The Balaban J connectivity index is 1.43. The Morgan fingerprint density at radius 1 is 1.42 bits per heavy atom. The van der Waals surface area contributed by atoms with Crippen LogP contribution in [0.15, 0.2) is 10.9 Å². The van der Waals surface area contributed by atoms with Gasteiger partial charge in [0.2, 0.25) is 0 Å². The molecule has 1 aromatic heterocycles. The predicted octanol–water partition coefficient (Wildman–Crippen LogP) is -0.164. The van der Waals surface area contributed by atoms with Gasteiger partial charge >= 0.3 is 0 Å². The lowest BCUT2D eigenvalue weighted by Gasteiger charge is -2.41. The van der Waals surface area contributed by atoms with Crippen LogP contribution in [0.25, 0.3) is 0 Å². The van der Waals surface area contributed by atoms with Gasteiger partial charge in [-0.2, -0.15) is 0 Å². The van der Waals surface area contributed by atoms with E-state index in [2.05, 4.69) is 15.3 Å². The molecule has 1 unspecified atom stereocenters. The van der Waals surface area contributed by atoms with Gasteiger partial charge in [0.05, 0.1) is 0 Å². The van der Waals surface area contributed by atoms with Crippen LogP contribution in [0.1, 0.15) is 35.6 Å². The van der Waals surface area contributed by atoms with Crippen molar-refractivity contribution in [3.63, 3.8) is 0 Å². The van der Waals surface area contributed by atoms with E-state index in [1.807, 2.05) is 0 Å². The van der Waals surface area contributed by atoms with Crippen molar-refractivity contribution >= 4 is 11.8 Å². The third kappa shape index (κ3) is 3.81. The Bertz CT molecular complexity index is 675. The third-order valence-electron chi connectivity index (χ3n) is 4.37. The zero-order chi connectivity index (χ0) is 17.1. The summed E-state index contributed by atoms with van der Waals surface area (Å²) < 4.78 is 5.51. The molecule has 3 heterocycles. The molecule has 0 bridgehead atoms. The Hall–Kier alpha value is -2.22. The van der Waals surface area contributed by atoms with Gasteiger partial charge in [-0.05, 0) is 26.2 Å². The van der Waals surface area contributed by atoms with Gasteiger partial charge in [0.1, 0.15) is 17.6 Å². The van der Waals surface area contributed by atoms with Crippen molar-refractivity contribution in [1.82, 2.24) is 20.2 Å². The maximum Gasteiger partial charge on any atom is 0.270 e. The lowest BCUT2D eigenvalue weighted by atomic mass is 9.98. The van der Waals surface area contributed by atoms with Gasteiger partial charge in [-0.3, -0.25) is 14.4 Å². The SMILES string of the molecule is Cc1nc(C(=O)NCC2CN(C(=O)C3CCCCO3)C2)cc(=O)[nH]1. The van der Waals surface area contributed by atoms with Gasteiger partial charge in [-0.1, -0.05) is 0 Å². The first kappa shape index (κ1) is 16.6. The summed E-state index contributed by atoms with van der Waals surface area (Å²) in [4.78, 5) is 43.9. The van der Waals surface area contributed by atoms with Crippen LogP contribution in [0.2, 0.25) is 0 Å². The van der Waals surface area contributed by atoms with Crippen LogP contribution in [0, 0.1) is 12.8 Å². The number of carbonyl (C=O) groups excluding carboxylic acids is 2. The van der Waals surface area contributed by atoms with E-state index in [1.54, 1.807) is 11.8 Å². The van der Waals surface area contributed by atoms with Gasteiger partial charge < -0.3 is 19.9 Å². The van der Waals surface area contributed by atoms with Crippen molar-refractivity contribution in [2.24, 2.45) is 5.92 Å². The minimum absolute atomic E-state index is 0.0594. The molecule has 8 heteroatoms. The van der Waals surface area contributed by atoms with Crippen LogP contribution in [0.4, 0.5) is 0 Å². The van der Waals surface area contributed by atoms with E-state index >= 15 is 0 Å². The first-order chi connectivity index (χ1) is 11.5. The minimum Gasteiger partial charge on any atom is -0.368 e. The number of ether oxygens (including phenoxy) is 1. The largest absolute Gasteiger partial charge is 0.368 e. The summed E-state index contributed by atoms with van der Waals surface area (Å²) in [5.41, 5.74) is -0.236. The summed E-state index contributed by atoms with van der Waals surface area (Å²) in [7, 11) is 0. The average molecular weight is 334 g/mol. The standard InChI is InChI=1S/C16H22N4O4/c1-10-18-12(6-14(21)19-10)15(22)17-7-11-8-20(9-11)16(23)13-4-2-3-5-24-13/h6,11,13H,2-5,7-9H2,1H3,(H,17,22)(H,18,19,21). The van der Waals surface area contributed by atoms with E-state index in [9.17, 15) is 14.4 Å². The van der Waals surface area contributed by atoms with Gasteiger partial charge in [-0.25, -0.2) is 4.98 Å². The number of aromatic nitrogens is 2. The molecule has 1 atom stereocenters. The second-order valence-electron chi connectivity index (χ2n) is 6.39. The number of aryl methyl sites for hydroxylation is 1. The van der Waals surface area contributed by atoms with Crippen molar-refractivity contribution in [1.29, 1.82) is 0 Å². The number of carbonyl (C=O) groups is 2. The van der Waals surface area contributed by atoms with Crippen molar-refractivity contribution in [3.8, 4) is 0 Å². The molecule has 2 aliphatic rings. The van der Waals surface area contributed by atoms with Crippen LogP contribution >= 0.6 is 0 Å². The fourth-order valence-electron chi connectivity index (χ4n) is 3.04. The fraction of sp³-hybridized carbons (Fsp3) is 0.625. The molecular weight excluding hydrogens is 312 g/mol. The summed E-state index contributed by atoms with van der Waals surface area (Å²) in [6.45, 7) is 4.00. The molecule has 130 valence electrons. The maximum absolute atomic E-state index is 12.2. The summed E-state index contributed by atoms with van der Waals surface area (Å²) in [5.74, 6) is 0.318. The quantitative estimate of drug-likeness (QED) is 0.796. The Kier molecular flexibility index (Phi) is 4.94. The number of nitrogens with one attached hydrogen (secondary N) is 2. The second-order valence-corrected chi connectivity index (χ2v) is 6.39. The number of likely N-dealkylation sites (tertiary alicyclic amines) is 1. The smallest absolute Gasteiger partial charge is 0.270 e. The molecule has 0 spiro atoms. The Morgan fingerprint density at radius 2 is 2.21 bits per heavy atom. The zero-order valence-corrected chi connectivity index (χ0v) is 13.7. The molecule has 1 aromatic rings. The summed E-state index contributed by atoms with van der Waals surface area (Å²) in [6, 6.07) is 1.18. The number of rotatable bonds is 4. The predicted molar refractivity (Wildman–Crippen MR) is 85.6 cm³/mol. The van der Waals surface area contributed by atoms with Crippen LogP contribution in [0.5, 0.6) is 0 Å². The number of hydrogen-bond donors (Lipinski definition) is 2. The maximum atomic E-state index is 12.2. The molecule has 2 fully saturated rings. The van der Waals surface area contributed by atoms with Crippen LogP contribution < -0.4 is 10.9 Å². The molecule has 0 aromatic carbocycles. The summed E-state index contributed by atoms with van der Waals surface area (Å²) in [6.07, 6.45) is 2.56. The van der Waals surface area contributed by atoms with E-state index < -0.39 is 0 Å². The lowest BCUT2D eigenvalue weighted by Crippen LogP contribution is -2.57. The van der Waals surface area contributed by atoms with E-state index in [4.69, 9.17) is 4.74 Å². The number of amides is 2. The van der Waals surface area contributed by atoms with Crippen molar-refractivity contribution in [2.45, 2.75) is 32.3 Å². The lowest BCUT2D eigenvalue weighted by molar-refractivity contribution is -0.152. The zero-order valence-electron chi connectivity index (χ0n) is 13.7. The van der Waals surface area contributed by atoms with E-state index in [-0.39, 0.29) is 35.1 Å². The highest BCUT2D eigenvalue weighted by Gasteiger charge is 2.35. The molecule has 8 nitrogen and oxygen atoms in total.